The largest absolute Gasteiger partial charge is 0.481 e. The fraction of sp³-hybridized carbons (Fsp3) is 0.900. The molecule has 3 heteroatoms. The minimum Gasteiger partial charge on any atom is -0.481 e. The van der Waals surface area contributed by atoms with Gasteiger partial charge in [-0.3, -0.25) is 4.79 Å². The van der Waals surface area contributed by atoms with Gasteiger partial charge in [0.05, 0.1) is 5.92 Å². The molecule has 0 aromatic rings. The summed E-state index contributed by atoms with van der Waals surface area (Å²) in [7, 11) is 0. The van der Waals surface area contributed by atoms with E-state index in [2.05, 4.69) is 5.32 Å². The fourth-order valence-corrected chi connectivity index (χ4v) is 1.91. The van der Waals surface area contributed by atoms with Gasteiger partial charge in [0, 0.05) is 6.04 Å². The van der Waals surface area contributed by atoms with Gasteiger partial charge in [0.25, 0.3) is 0 Å². The Bertz CT molecular complexity index is 164. The molecule has 0 bridgehead atoms. The number of hydrogen-bond donors (Lipinski definition) is 2. The van der Waals surface area contributed by atoms with Crippen LogP contribution < -0.4 is 5.32 Å². The molecule has 2 atom stereocenters. The van der Waals surface area contributed by atoms with Crippen LogP contribution in [0.15, 0.2) is 0 Å². The van der Waals surface area contributed by atoms with E-state index < -0.39 is 5.97 Å². The Labute approximate surface area is 79.5 Å². The van der Waals surface area contributed by atoms with Crippen molar-refractivity contribution >= 4 is 5.97 Å². The van der Waals surface area contributed by atoms with Gasteiger partial charge in [0.2, 0.25) is 0 Å². The third-order valence-corrected chi connectivity index (χ3v) is 2.82. The standard InChI is InChI=1S/C10H19NO2/c1-2-8(10(12)13)7-9-5-3-4-6-11-9/h8-9,11H,2-7H2,1H3,(H,12,13). The molecule has 0 saturated carbocycles. The first-order chi connectivity index (χ1) is 6.24. The van der Waals surface area contributed by atoms with Crippen LogP contribution in [0.2, 0.25) is 0 Å². The molecule has 0 aromatic heterocycles. The summed E-state index contributed by atoms with van der Waals surface area (Å²) in [6.07, 6.45) is 5.16. The summed E-state index contributed by atoms with van der Waals surface area (Å²) in [6.45, 7) is 3.00. The van der Waals surface area contributed by atoms with E-state index in [1.165, 1.54) is 12.8 Å². The third-order valence-electron chi connectivity index (χ3n) is 2.82. The molecule has 1 rings (SSSR count). The van der Waals surface area contributed by atoms with Crippen LogP contribution in [-0.4, -0.2) is 23.7 Å². The van der Waals surface area contributed by atoms with Crippen LogP contribution in [0.25, 0.3) is 0 Å². The van der Waals surface area contributed by atoms with Gasteiger partial charge < -0.3 is 10.4 Å². The van der Waals surface area contributed by atoms with Gasteiger partial charge in [-0.15, -0.1) is 0 Å². The number of aliphatic carboxylic acids is 1. The summed E-state index contributed by atoms with van der Waals surface area (Å²) in [4.78, 5) is 10.8. The summed E-state index contributed by atoms with van der Waals surface area (Å²) >= 11 is 0. The maximum Gasteiger partial charge on any atom is 0.306 e. The number of carboxylic acid groups (broad SMARTS) is 1. The Kier molecular flexibility index (Phi) is 4.22. The van der Waals surface area contributed by atoms with E-state index in [9.17, 15) is 4.79 Å². The number of hydrogen-bond acceptors (Lipinski definition) is 2. The second-order valence-corrected chi connectivity index (χ2v) is 3.83. The zero-order chi connectivity index (χ0) is 9.68. The first kappa shape index (κ1) is 10.5. The molecular formula is C10H19NO2. The second-order valence-electron chi connectivity index (χ2n) is 3.83. The molecule has 3 nitrogen and oxygen atoms in total. The van der Waals surface area contributed by atoms with E-state index in [1.807, 2.05) is 6.92 Å². The zero-order valence-corrected chi connectivity index (χ0v) is 8.25. The van der Waals surface area contributed by atoms with Crippen molar-refractivity contribution in [2.45, 2.75) is 45.1 Å². The van der Waals surface area contributed by atoms with Crippen molar-refractivity contribution in [3.63, 3.8) is 0 Å². The predicted octanol–water partition coefficient (Wildman–Crippen LogP) is 1.63. The third kappa shape index (κ3) is 3.35. The summed E-state index contributed by atoms with van der Waals surface area (Å²) in [5.41, 5.74) is 0. The summed E-state index contributed by atoms with van der Waals surface area (Å²) in [5.74, 6) is -0.800. The minimum atomic E-state index is -0.644. The quantitative estimate of drug-likeness (QED) is 0.700. The van der Waals surface area contributed by atoms with Crippen molar-refractivity contribution in [2.75, 3.05) is 6.54 Å². The average molecular weight is 185 g/mol. The highest BCUT2D eigenvalue weighted by molar-refractivity contribution is 5.69. The van der Waals surface area contributed by atoms with Crippen LogP contribution >= 0.6 is 0 Å². The van der Waals surface area contributed by atoms with Crippen molar-refractivity contribution in [2.24, 2.45) is 5.92 Å². The lowest BCUT2D eigenvalue weighted by atomic mass is 9.92. The molecule has 0 spiro atoms. The molecule has 0 aromatic carbocycles. The van der Waals surface area contributed by atoms with E-state index in [0.29, 0.717) is 6.04 Å². The maximum absolute atomic E-state index is 10.8. The predicted molar refractivity (Wildman–Crippen MR) is 51.7 cm³/mol. The molecule has 1 aliphatic rings. The fourth-order valence-electron chi connectivity index (χ4n) is 1.91. The lowest BCUT2D eigenvalue weighted by Crippen LogP contribution is -2.36. The van der Waals surface area contributed by atoms with E-state index in [-0.39, 0.29) is 5.92 Å². The number of carboxylic acids is 1. The van der Waals surface area contributed by atoms with Crippen LogP contribution in [0.3, 0.4) is 0 Å². The van der Waals surface area contributed by atoms with Crippen LogP contribution in [-0.2, 0) is 4.79 Å². The lowest BCUT2D eigenvalue weighted by molar-refractivity contribution is -0.142. The molecule has 76 valence electrons. The van der Waals surface area contributed by atoms with Gasteiger partial charge in [-0.2, -0.15) is 0 Å². The number of rotatable bonds is 4. The molecule has 2 unspecified atom stereocenters. The van der Waals surface area contributed by atoms with Crippen molar-refractivity contribution in [3.8, 4) is 0 Å². The molecule has 0 aliphatic carbocycles. The maximum atomic E-state index is 10.8. The SMILES string of the molecule is CCC(CC1CCCCN1)C(=O)O. The van der Waals surface area contributed by atoms with E-state index in [0.717, 1.165) is 25.8 Å². The summed E-state index contributed by atoms with van der Waals surface area (Å²) < 4.78 is 0. The van der Waals surface area contributed by atoms with Gasteiger partial charge in [0.15, 0.2) is 0 Å². The van der Waals surface area contributed by atoms with Crippen LogP contribution in [0.5, 0.6) is 0 Å². The highest BCUT2D eigenvalue weighted by Crippen LogP contribution is 2.17. The van der Waals surface area contributed by atoms with Crippen LogP contribution in [0.4, 0.5) is 0 Å². The molecule has 0 amide bonds. The van der Waals surface area contributed by atoms with Crippen molar-refractivity contribution < 1.29 is 9.90 Å². The molecule has 1 heterocycles. The zero-order valence-electron chi connectivity index (χ0n) is 8.25. The Morgan fingerprint density at radius 1 is 1.62 bits per heavy atom. The monoisotopic (exact) mass is 185 g/mol. The Balaban J connectivity index is 2.31. The van der Waals surface area contributed by atoms with Gasteiger partial charge in [-0.05, 0) is 32.2 Å². The summed E-state index contributed by atoms with van der Waals surface area (Å²) in [5, 5.41) is 12.3. The Morgan fingerprint density at radius 3 is 2.85 bits per heavy atom. The van der Waals surface area contributed by atoms with E-state index >= 15 is 0 Å². The number of piperidine rings is 1. The van der Waals surface area contributed by atoms with E-state index in [4.69, 9.17) is 5.11 Å². The van der Waals surface area contributed by atoms with Crippen molar-refractivity contribution in [1.29, 1.82) is 0 Å². The molecule has 0 radical (unpaired) electrons. The number of carbonyl (C=O) groups is 1. The van der Waals surface area contributed by atoms with Crippen molar-refractivity contribution in [3.05, 3.63) is 0 Å². The highest BCUT2D eigenvalue weighted by atomic mass is 16.4. The first-order valence-corrected chi connectivity index (χ1v) is 5.20. The lowest BCUT2D eigenvalue weighted by Gasteiger charge is -2.25. The molecule has 1 aliphatic heterocycles. The van der Waals surface area contributed by atoms with Gasteiger partial charge in [-0.25, -0.2) is 0 Å². The topological polar surface area (TPSA) is 49.3 Å². The van der Waals surface area contributed by atoms with Crippen LogP contribution in [0.1, 0.15) is 39.0 Å². The summed E-state index contributed by atoms with van der Waals surface area (Å²) in [6, 6.07) is 0.440. The smallest absolute Gasteiger partial charge is 0.306 e. The van der Waals surface area contributed by atoms with E-state index in [1.54, 1.807) is 0 Å². The molecule has 13 heavy (non-hydrogen) atoms. The van der Waals surface area contributed by atoms with Gasteiger partial charge in [0.1, 0.15) is 0 Å². The minimum absolute atomic E-state index is 0.157. The molecule has 1 fully saturated rings. The molecule has 1 saturated heterocycles. The van der Waals surface area contributed by atoms with Gasteiger partial charge >= 0.3 is 5.97 Å². The number of nitrogens with one attached hydrogen (secondary N) is 1. The Morgan fingerprint density at radius 2 is 2.38 bits per heavy atom. The normalized spacial score (nSPS) is 25.5. The molecule has 2 N–H and O–H groups in total. The van der Waals surface area contributed by atoms with Crippen molar-refractivity contribution in [1.82, 2.24) is 5.32 Å². The highest BCUT2D eigenvalue weighted by Gasteiger charge is 2.21. The van der Waals surface area contributed by atoms with Crippen LogP contribution in [0, 0.1) is 5.92 Å². The molecular weight excluding hydrogens is 166 g/mol. The van der Waals surface area contributed by atoms with Gasteiger partial charge in [-0.1, -0.05) is 13.3 Å². The first-order valence-electron chi connectivity index (χ1n) is 5.20. The second kappa shape index (κ2) is 5.22. The average Bonchev–Trinajstić information content (AvgIpc) is 2.15. The Hall–Kier alpha value is -0.570.